The molecule has 8 nitrogen and oxygen atoms in total. The molecule has 196 valence electrons. The summed E-state index contributed by atoms with van der Waals surface area (Å²) in [5, 5.41) is 5.43. The average Bonchev–Trinajstić information content (AvgIpc) is 2.90. The lowest BCUT2D eigenvalue weighted by atomic mass is 9.88. The Labute approximate surface area is 228 Å². The highest BCUT2D eigenvalue weighted by atomic mass is 79.9. The van der Waals surface area contributed by atoms with Crippen LogP contribution in [-0.4, -0.2) is 41.7 Å². The summed E-state index contributed by atoms with van der Waals surface area (Å²) in [7, 11) is 1.48. The van der Waals surface area contributed by atoms with Crippen molar-refractivity contribution >= 4 is 50.6 Å². The van der Waals surface area contributed by atoms with E-state index in [9.17, 15) is 9.59 Å². The quantitative estimate of drug-likeness (QED) is 0.233. The predicted molar refractivity (Wildman–Crippen MR) is 147 cm³/mol. The lowest BCUT2D eigenvalue weighted by molar-refractivity contribution is -0.150. The number of aromatic nitrogens is 2. The highest BCUT2D eigenvalue weighted by Gasteiger charge is 2.24. The Bertz CT molecular complexity index is 1380. The number of hydrogen-bond donors (Lipinski definition) is 0. The number of rotatable bonds is 8. The number of carbonyl (C=O) groups is 1. The van der Waals surface area contributed by atoms with Crippen molar-refractivity contribution in [2.24, 2.45) is 5.10 Å². The summed E-state index contributed by atoms with van der Waals surface area (Å²) >= 11 is 9.78. The van der Waals surface area contributed by atoms with Gasteiger partial charge in [0.25, 0.3) is 5.56 Å². The van der Waals surface area contributed by atoms with Gasteiger partial charge >= 0.3 is 5.97 Å². The van der Waals surface area contributed by atoms with E-state index in [0.717, 1.165) is 30.2 Å². The summed E-state index contributed by atoms with van der Waals surface area (Å²) in [5.41, 5.74) is 0.813. The molecule has 0 unspecified atom stereocenters. The topological polar surface area (TPSA) is 92.0 Å². The van der Waals surface area contributed by atoms with Gasteiger partial charge in [-0.3, -0.25) is 4.79 Å². The molecule has 1 heterocycles. The molecule has 0 aliphatic heterocycles. The van der Waals surface area contributed by atoms with Crippen LogP contribution in [0.25, 0.3) is 10.9 Å². The molecule has 37 heavy (non-hydrogen) atoms. The first-order valence-corrected chi connectivity index (χ1v) is 13.5. The van der Waals surface area contributed by atoms with Gasteiger partial charge in [0.15, 0.2) is 17.6 Å². The largest absolute Gasteiger partial charge is 0.493 e. The Morgan fingerprint density at radius 1 is 1.27 bits per heavy atom. The molecule has 1 saturated carbocycles. The van der Waals surface area contributed by atoms with E-state index in [4.69, 9.17) is 30.8 Å². The summed E-state index contributed by atoms with van der Waals surface area (Å²) in [6.45, 7) is 3.55. The maximum absolute atomic E-state index is 13.6. The molecule has 1 aliphatic rings. The fraction of sp³-hybridized carbons (Fsp3) is 0.407. The number of nitrogens with zero attached hydrogens (tertiary/aromatic N) is 3. The van der Waals surface area contributed by atoms with Crippen LogP contribution >= 0.6 is 27.5 Å². The van der Waals surface area contributed by atoms with Crippen molar-refractivity contribution in [3.63, 3.8) is 0 Å². The number of halogens is 2. The second-order valence-electron chi connectivity index (χ2n) is 8.87. The van der Waals surface area contributed by atoms with E-state index in [1.54, 1.807) is 32.0 Å². The van der Waals surface area contributed by atoms with Crippen molar-refractivity contribution in [2.45, 2.75) is 58.0 Å². The molecule has 1 aromatic heterocycles. The number of ether oxygens (including phenoxy) is 3. The normalized spacial score (nSPS) is 15.2. The first-order valence-electron chi connectivity index (χ1n) is 12.3. The minimum atomic E-state index is -0.901. The maximum atomic E-state index is 13.6. The van der Waals surface area contributed by atoms with Crippen LogP contribution in [0, 0.1) is 0 Å². The maximum Gasteiger partial charge on any atom is 0.347 e. The van der Waals surface area contributed by atoms with Gasteiger partial charge in [-0.1, -0.05) is 46.8 Å². The lowest BCUT2D eigenvalue weighted by Gasteiger charge is -2.23. The second-order valence-corrected chi connectivity index (χ2v) is 10.2. The van der Waals surface area contributed by atoms with E-state index in [-0.39, 0.29) is 23.8 Å². The highest BCUT2D eigenvalue weighted by Crippen LogP contribution is 2.35. The van der Waals surface area contributed by atoms with Crippen molar-refractivity contribution in [3.8, 4) is 11.5 Å². The van der Waals surface area contributed by atoms with E-state index in [1.807, 2.05) is 12.1 Å². The van der Waals surface area contributed by atoms with E-state index in [0.29, 0.717) is 33.1 Å². The van der Waals surface area contributed by atoms with Crippen LogP contribution in [0.4, 0.5) is 0 Å². The zero-order chi connectivity index (χ0) is 26.5. The van der Waals surface area contributed by atoms with Gasteiger partial charge in [-0.25, -0.2) is 9.78 Å². The van der Waals surface area contributed by atoms with E-state index in [2.05, 4.69) is 21.0 Å². The van der Waals surface area contributed by atoms with E-state index >= 15 is 0 Å². The third kappa shape index (κ3) is 6.15. The van der Waals surface area contributed by atoms with Crippen molar-refractivity contribution in [1.29, 1.82) is 0 Å². The fourth-order valence-electron chi connectivity index (χ4n) is 4.47. The van der Waals surface area contributed by atoms with Crippen LogP contribution in [0.15, 0.2) is 44.7 Å². The van der Waals surface area contributed by atoms with Gasteiger partial charge < -0.3 is 14.2 Å². The van der Waals surface area contributed by atoms with Crippen molar-refractivity contribution in [3.05, 3.63) is 61.6 Å². The number of hydrogen-bond acceptors (Lipinski definition) is 7. The number of benzene rings is 2. The number of fused-ring (bicyclic) bond motifs is 1. The molecule has 0 amide bonds. The molecular weight excluding hydrogens is 562 g/mol. The first kappa shape index (κ1) is 27.1. The fourth-order valence-corrected chi connectivity index (χ4v) is 5.05. The molecule has 0 saturated heterocycles. The Hall–Kier alpha value is -2.91. The minimum Gasteiger partial charge on any atom is -0.493 e. The summed E-state index contributed by atoms with van der Waals surface area (Å²) in [6, 6.07) is 8.68. The molecule has 0 radical (unpaired) electrons. The standard InChI is InChI=1S/C27H29BrClN3O5/c1-4-36-27(34)16(2)37-24-18(12-20(29)14-23(24)35-3)15-30-32-25(17-8-6-5-7-9-17)31-22-11-10-19(28)13-21(22)26(32)33/h10-17H,4-9H2,1-3H3/t16-/m1/s1. The van der Waals surface area contributed by atoms with Gasteiger partial charge in [0.05, 0.1) is 30.8 Å². The molecule has 10 heteroatoms. The molecule has 3 aromatic rings. The zero-order valence-corrected chi connectivity index (χ0v) is 23.3. The van der Waals surface area contributed by atoms with Crippen molar-refractivity contribution in [1.82, 2.24) is 9.66 Å². The van der Waals surface area contributed by atoms with E-state index < -0.39 is 12.1 Å². The van der Waals surface area contributed by atoms with E-state index in [1.165, 1.54) is 24.4 Å². The molecule has 0 spiro atoms. The molecule has 0 N–H and O–H groups in total. The van der Waals surface area contributed by atoms with Gasteiger partial charge in [0.2, 0.25) is 0 Å². The van der Waals surface area contributed by atoms with Gasteiger partial charge in [-0.2, -0.15) is 9.78 Å². The van der Waals surface area contributed by atoms with Gasteiger partial charge in [0.1, 0.15) is 5.82 Å². The van der Waals surface area contributed by atoms with Crippen LogP contribution in [0.5, 0.6) is 11.5 Å². The molecule has 1 fully saturated rings. The minimum absolute atomic E-state index is 0.125. The predicted octanol–water partition coefficient (Wildman–Crippen LogP) is 6.08. The Morgan fingerprint density at radius 3 is 2.73 bits per heavy atom. The number of carbonyl (C=O) groups excluding carboxylic acids is 1. The zero-order valence-electron chi connectivity index (χ0n) is 21.0. The average molecular weight is 591 g/mol. The smallest absolute Gasteiger partial charge is 0.347 e. The molecular formula is C27H29BrClN3O5. The monoisotopic (exact) mass is 589 g/mol. The molecule has 1 aliphatic carbocycles. The van der Waals surface area contributed by atoms with Gasteiger partial charge in [-0.15, -0.1) is 0 Å². The Kier molecular flexibility index (Phi) is 8.87. The Balaban J connectivity index is 1.83. The third-order valence-corrected chi connectivity index (χ3v) is 7.01. The van der Waals surface area contributed by atoms with Crippen molar-refractivity contribution < 1.29 is 19.0 Å². The summed E-state index contributed by atoms with van der Waals surface area (Å²) in [4.78, 5) is 30.7. The van der Waals surface area contributed by atoms with Crippen LogP contribution in [0.3, 0.4) is 0 Å². The highest BCUT2D eigenvalue weighted by molar-refractivity contribution is 9.10. The number of esters is 1. The van der Waals surface area contributed by atoms with Crippen LogP contribution < -0.4 is 15.0 Å². The summed E-state index contributed by atoms with van der Waals surface area (Å²) in [5.74, 6) is 0.834. The SMILES string of the molecule is CCOC(=O)[C@@H](C)Oc1c(C=Nn2c(C3CCCCC3)nc3ccc(Br)cc3c2=O)cc(Cl)cc1OC. The first-order chi connectivity index (χ1) is 17.8. The molecule has 4 rings (SSSR count). The van der Waals surface area contributed by atoms with Gasteiger partial charge in [0, 0.05) is 27.0 Å². The van der Waals surface area contributed by atoms with Crippen LogP contribution in [0.1, 0.15) is 63.3 Å². The van der Waals surface area contributed by atoms with Crippen LogP contribution in [0.2, 0.25) is 5.02 Å². The third-order valence-electron chi connectivity index (χ3n) is 6.30. The lowest BCUT2D eigenvalue weighted by Crippen LogP contribution is -2.27. The summed E-state index contributed by atoms with van der Waals surface area (Å²) in [6.07, 6.45) is 5.81. The number of methoxy groups -OCH3 is 1. The molecule has 0 bridgehead atoms. The van der Waals surface area contributed by atoms with Gasteiger partial charge in [-0.05, 0) is 51.0 Å². The van der Waals surface area contributed by atoms with Crippen molar-refractivity contribution in [2.75, 3.05) is 13.7 Å². The Morgan fingerprint density at radius 2 is 2.03 bits per heavy atom. The van der Waals surface area contributed by atoms with Crippen LogP contribution in [-0.2, 0) is 9.53 Å². The molecule has 2 aromatic carbocycles. The molecule has 1 atom stereocenters. The summed E-state index contributed by atoms with van der Waals surface area (Å²) < 4.78 is 18.6. The second kappa shape index (κ2) is 12.1.